The molecule has 3 rings (SSSR count). The minimum absolute atomic E-state index is 0.0226. The molecule has 1 saturated carbocycles. The summed E-state index contributed by atoms with van der Waals surface area (Å²) >= 11 is 0. The number of hydrogen-bond donors (Lipinski definition) is 1. The van der Waals surface area contributed by atoms with Gasteiger partial charge in [0.2, 0.25) is 0 Å². The van der Waals surface area contributed by atoms with Crippen LogP contribution < -0.4 is 0 Å². The maximum atomic E-state index is 14.1. The van der Waals surface area contributed by atoms with Gasteiger partial charge in [0.1, 0.15) is 5.82 Å². The van der Waals surface area contributed by atoms with Gasteiger partial charge >= 0.3 is 0 Å². The standard InChI is InChI=1S/C22H27FO/c1-2-16-3-5-17(6-4-16)18-7-9-19(10-8-18)21-12-11-20(13-14-24)22(23)15-21/h7-12,15-17,24H,2-6,13-14H2,1H3. The van der Waals surface area contributed by atoms with Crippen molar-refractivity contribution in [1.82, 2.24) is 0 Å². The second-order valence-electron chi connectivity index (χ2n) is 7.03. The molecule has 0 bridgehead atoms. The Morgan fingerprint density at radius 1 is 0.958 bits per heavy atom. The molecule has 0 aliphatic heterocycles. The fourth-order valence-corrected chi connectivity index (χ4v) is 3.90. The van der Waals surface area contributed by atoms with Crippen LogP contribution in [0.3, 0.4) is 0 Å². The quantitative estimate of drug-likeness (QED) is 0.746. The van der Waals surface area contributed by atoms with Crippen molar-refractivity contribution < 1.29 is 9.50 Å². The van der Waals surface area contributed by atoms with Crippen molar-refractivity contribution in [2.75, 3.05) is 6.61 Å². The van der Waals surface area contributed by atoms with Crippen LogP contribution in [0.5, 0.6) is 0 Å². The third-order valence-corrected chi connectivity index (χ3v) is 5.57. The molecule has 0 atom stereocenters. The summed E-state index contributed by atoms with van der Waals surface area (Å²) in [5, 5.41) is 8.95. The highest BCUT2D eigenvalue weighted by Crippen LogP contribution is 2.37. The lowest BCUT2D eigenvalue weighted by atomic mass is 9.77. The predicted molar refractivity (Wildman–Crippen MR) is 97.6 cm³/mol. The molecule has 0 amide bonds. The van der Waals surface area contributed by atoms with E-state index in [2.05, 4.69) is 31.2 Å². The van der Waals surface area contributed by atoms with Gasteiger partial charge in [0.15, 0.2) is 0 Å². The van der Waals surface area contributed by atoms with E-state index >= 15 is 0 Å². The number of aliphatic hydroxyl groups excluding tert-OH is 1. The molecule has 0 heterocycles. The number of aliphatic hydroxyl groups is 1. The summed E-state index contributed by atoms with van der Waals surface area (Å²) in [5.74, 6) is 1.37. The van der Waals surface area contributed by atoms with E-state index in [1.807, 2.05) is 6.07 Å². The van der Waals surface area contributed by atoms with E-state index in [1.165, 1.54) is 37.7 Å². The summed E-state index contributed by atoms with van der Waals surface area (Å²) in [6.45, 7) is 2.27. The average Bonchev–Trinajstić information content (AvgIpc) is 2.64. The van der Waals surface area contributed by atoms with E-state index in [0.29, 0.717) is 17.9 Å². The summed E-state index contributed by atoms with van der Waals surface area (Å²) in [6.07, 6.45) is 6.96. The van der Waals surface area contributed by atoms with Crippen molar-refractivity contribution in [2.24, 2.45) is 5.92 Å². The molecule has 2 heteroatoms. The normalized spacial score (nSPS) is 21.0. The van der Waals surface area contributed by atoms with Gasteiger partial charge in [-0.15, -0.1) is 0 Å². The molecule has 0 spiro atoms. The van der Waals surface area contributed by atoms with E-state index in [-0.39, 0.29) is 12.4 Å². The van der Waals surface area contributed by atoms with Gasteiger partial charge in [0.05, 0.1) is 0 Å². The maximum Gasteiger partial charge on any atom is 0.127 e. The van der Waals surface area contributed by atoms with Crippen LogP contribution in [0.1, 0.15) is 56.1 Å². The van der Waals surface area contributed by atoms with E-state index < -0.39 is 0 Å². The fourth-order valence-electron chi connectivity index (χ4n) is 3.90. The SMILES string of the molecule is CCC1CCC(c2ccc(-c3ccc(CCO)c(F)c3)cc2)CC1. The van der Waals surface area contributed by atoms with Crippen molar-refractivity contribution in [3.63, 3.8) is 0 Å². The summed E-state index contributed by atoms with van der Waals surface area (Å²) < 4.78 is 14.1. The summed E-state index contributed by atoms with van der Waals surface area (Å²) in [4.78, 5) is 0. The van der Waals surface area contributed by atoms with Crippen molar-refractivity contribution >= 4 is 0 Å². The van der Waals surface area contributed by atoms with E-state index in [4.69, 9.17) is 5.11 Å². The van der Waals surface area contributed by atoms with Crippen LogP contribution in [0.2, 0.25) is 0 Å². The number of hydrogen-bond acceptors (Lipinski definition) is 1. The van der Waals surface area contributed by atoms with Crippen LogP contribution in [0.4, 0.5) is 4.39 Å². The van der Waals surface area contributed by atoms with Crippen molar-refractivity contribution in [1.29, 1.82) is 0 Å². The van der Waals surface area contributed by atoms with Gasteiger partial charge in [-0.05, 0) is 72.3 Å². The van der Waals surface area contributed by atoms with Crippen molar-refractivity contribution in [3.05, 3.63) is 59.4 Å². The zero-order valence-corrected chi connectivity index (χ0v) is 14.5. The fraction of sp³-hybridized carbons (Fsp3) is 0.455. The smallest absolute Gasteiger partial charge is 0.127 e. The Labute approximate surface area is 144 Å². The Balaban J connectivity index is 1.71. The Morgan fingerprint density at radius 2 is 1.62 bits per heavy atom. The zero-order valence-electron chi connectivity index (χ0n) is 14.5. The lowest BCUT2D eigenvalue weighted by molar-refractivity contribution is 0.297. The number of rotatable bonds is 5. The van der Waals surface area contributed by atoms with E-state index in [0.717, 1.165) is 17.0 Å². The minimum Gasteiger partial charge on any atom is -0.396 e. The van der Waals surface area contributed by atoms with Crippen molar-refractivity contribution in [3.8, 4) is 11.1 Å². The monoisotopic (exact) mass is 326 g/mol. The largest absolute Gasteiger partial charge is 0.396 e. The van der Waals surface area contributed by atoms with Crippen LogP contribution in [0.15, 0.2) is 42.5 Å². The first-order valence-electron chi connectivity index (χ1n) is 9.21. The molecule has 1 nitrogen and oxygen atoms in total. The molecule has 1 fully saturated rings. The van der Waals surface area contributed by atoms with Crippen LogP contribution in [-0.4, -0.2) is 11.7 Å². The molecule has 128 valence electrons. The predicted octanol–water partition coefficient (Wildman–Crippen LogP) is 5.71. The molecule has 1 N–H and O–H groups in total. The lowest BCUT2D eigenvalue weighted by Gasteiger charge is -2.28. The summed E-state index contributed by atoms with van der Waals surface area (Å²) in [6, 6.07) is 13.9. The van der Waals surface area contributed by atoms with Gasteiger partial charge in [0.25, 0.3) is 0 Å². The Kier molecular flexibility index (Phi) is 5.68. The average molecular weight is 326 g/mol. The van der Waals surface area contributed by atoms with Crippen LogP contribution in [-0.2, 0) is 6.42 Å². The first-order valence-corrected chi connectivity index (χ1v) is 9.21. The minimum atomic E-state index is -0.233. The second-order valence-corrected chi connectivity index (χ2v) is 7.03. The third-order valence-electron chi connectivity index (χ3n) is 5.57. The molecule has 1 aliphatic carbocycles. The molecule has 0 aromatic heterocycles. The third kappa shape index (κ3) is 3.87. The van der Waals surface area contributed by atoms with Crippen LogP contribution in [0.25, 0.3) is 11.1 Å². The molecule has 24 heavy (non-hydrogen) atoms. The highest BCUT2D eigenvalue weighted by Gasteiger charge is 2.21. The molecule has 0 radical (unpaired) electrons. The summed E-state index contributed by atoms with van der Waals surface area (Å²) in [5.41, 5.74) is 3.95. The van der Waals surface area contributed by atoms with Gasteiger partial charge in [-0.1, -0.05) is 49.7 Å². The molecule has 0 saturated heterocycles. The molecule has 0 unspecified atom stereocenters. The Hall–Kier alpha value is -1.67. The molecular formula is C22H27FO. The first-order chi connectivity index (χ1) is 11.7. The highest BCUT2D eigenvalue weighted by atomic mass is 19.1. The topological polar surface area (TPSA) is 20.2 Å². The van der Waals surface area contributed by atoms with Gasteiger partial charge in [-0.2, -0.15) is 0 Å². The van der Waals surface area contributed by atoms with E-state index in [1.54, 1.807) is 12.1 Å². The van der Waals surface area contributed by atoms with Crippen LogP contribution in [0, 0.1) is 11.7 Å². The number of benzene rings is 2. The van der Waals surface area contributed by atoms with Gasteiger partial charge < -0.3 is 5.11 Å². The van der Waals surface area contributed by atoms with E-state index in [9.17, 15) is 4.39 Å². The van der Waals surface area contributed by atoms with Crippen LogP contribution >= 0.6 is 0 Å². The molecule has 2 aromatic rings. The van der Waals surface area contributed by atoms with Gasteiger partial charge in [-0.3, -0.25) is 0 Å². The Bertz CT molecular complexity index is 654. The summed E-state index contributed by atoms with van der Waals surface area (Å²) in [7, 11) is 0. The molecule has 2 aromatic carbocycles. The molecule has 1 aliphatic rings. The zero-order chi connectivity index (χ0) is 16.9. The highest BCUT2D eigenvalue weighted by molar-refractivity contribution is 5.64. The van der Waals surface area contributed by atoms with Crippen molar-refractivity contribution in [2.45, 2.75) is 51.4 Å². The second kappa shape index (κ2) is 7.94. The number of halogens is 1. The molecular weight excluding hydrogens is 299 g/mol. The van der Waals surface area contributed by atoms with Gasteiger partial charge in [0, 0.05) is 6.61 Å². The maximum absolute atomic E-state index is 14.1. The Morgan fingerprint density at radius 3 is 2.21 bits per heavy atom. The van der Waals surface area contributed by atoms with Gasteiger partial charge in [-0.25, -0.2) is 4.39 Å². The first kappa shape index (κ1) is 17.2. The lowest BCUT2D eigenvalue weighted by Crippen LogP contribution is -2.12.